The zero-order valence-electron chi connectivity index (χ0n) is 10.7. The molecule has 0 aliphatic carbocycles. The van der Waals surface area contributed by atoms with E-state index in [2.05, 4.69) is 30.2 Å². The molecule has 0 aromatic carbocycles. The lowest BCUT2D eigenvalue weighted by atomic mass is 10.00. The molecule has 17 heavy (non-hydrogen) atoms. The molecule has 0 bridgehead atoms. The van der Waals surface area contributed by atoms with Crippen molar-refractivity contribution in [2.45, 2.75) is 51.3 Å². The topological polar surface area (TPSA) is 34.2 Å². The zero-order valence-corrected chi connectivity index (χ0v) is 10.7. The largest absolute Gasteiger partial charge is 0.378 e. The molecule has 1 aromatic heterocycles. The van der Waals surface area contributed by atoms with Crippen molar-refractivity contribution in [3.8, 4) is 0 Å². The molecule has 3 unspecified atom stereocenters. The number of nitrogens with one attached hydrogen (secondary N) is 1. The molecule has 0 amide bonds. The molecular formula is C14H22N2O. The molecule has 1 fully saturated rings. The number of hydrogen-bond donors (Lipinski definition) is 1. The van der Waals surface area contributed by atoms with Gasteiger partial charge in [-0.15, -0.1) is 0 Å². The van der Waals surface area contributed by atoms with Crippen molar-refractivity contribution in [1.82, 2.24) is 10.3 Å². The summed E-state index contributed by atoms with van der Waals surface area (Å²) in [4.78, 5) is 4.17. The fourth-order valence-corrected chi connectivity index (χ4v) is 2.40. The van der Waals surface area contributed by atoms with Crippen LogP contribution >= 0.6 is 0 Å². The second kappa shape index (κ2) is 6.12. The Morgan fingerprint density at radius 1 is 1.59 bits per heavy atom. The monoisotopic (exact) mass is 234 g/mol. The van der Waals surface area contributed by atoms with Gasteiger partial charge in [-0.05, 0) is 37.8 Å². The summed E-state index contributed by atoms with van der Waals surface area (Å²) >= 11 is 0. The summed E-state index contributed by atoms with van der Waals surface area (Å²) in [6, 6.07) is 5.06. The summed E-state index contributed by atoms with van der Waals surface area (Å²) in [6.07, 6.45) is 7.54. The van der Waals surface area contributed by atoms with Crippen LogP contribution in [0.5, 0.6) is 0 Å². The molecule has 2 rings (SSSR count). The lowest BCUT2D eigenvalue weighted by Gasteiger charge is -2.31. The highest BCUT2D eigenvalue weighted by Gasteiger charge is 2.22. The molecule has 3 nitrogen and oxygen atoms in total. The Hall–Kier alpha value is -0.930. The molecule has 2 heterocycles. The number of aromatic nitrogens is 1. The number of rotatable bonds is 4. The van der Waals surface area contributed by atoms with Crippen molar-refractivity contribution in [1.29, 1.82) is 0 Å². The molecule has 1 aliphatic rings. The maximum absolute atomic E-state index is 5.69. The summed E-state index contributed by atoms with van der Waals surface area (Å²) in [6.45, 7) is 5.28. The van der Waals surface area contributed by atoms with Gasteiger partial charge in [0.1, 0.15) is 0 Å². The van der Waals surface area contributed by atoms with Crippen molar-refractivity contribution in [3.05, 3.63) is 30.1 Å². The summed E-state index contributed by atoms with van der Waals surface area (Å²) < 4.78 is 5.69. The Morgan fingerprint density at radius 2 is 2.47 bits per heavy atom. The van der Waals surface area contributed by atoms with Gasteiger partial charge in [0.05, 0.1) is 6.10 Å². The Kier molecular flexibility index (Phi) is 4.51. The number of pyridine rings is 1. The Labute approximate surface area is 104 Å². The average molecular weight is 234 g/mol. The van der Waals surface area contributed by atoms with Crippen molar-refractivity contribution in [3.63, 3.8) is 0 Å². The summed E-state index contributed by atoms with van der Waals surface area (Å²) in [5.74, 6) is 0. The molecule has 1 aliphatic heterocycles. The Bertz CT molecular complexity index is 328. The molecule has 1 N–H and O–H groups in total. The van der Waals surface area contributed by atoms with E-state index < -0.39 is 0 Å². The first-order valence-electron chi connectivity index (χ1n) is 6.57. The van der Waals surface area contributed by atoms with E-state index in [9.17, 15) is 0 Å². The van der Waals surface area contributed by atoms with Crippen LogP contribution in [0.25, 0.3) is 0 Å². The van der Waals surface area contributed by atoms with E-state index in [0.717, 1.165) is 25.9 Å². The highest BCUT2D eigenvalue weighted by atomic mass is 16.5. The van der Waals surface area contributed by atoms with Crippen LogP contribution in [-0.4, -0.2) is 23.7 Å². The highest BCUT2D eigenvalue weighted by Crippen LogP contribution is 2.20. The minimum absolute atomic E-state index is 0.365. The molecule has 0 spiro atoms. The second-order valence-corrected chi connectivity index (χ2v) is 4.80. The van der Waals surface area contributed by atoms with Gasteiger partial charge in [-0.1, -0.05) is 13.0 Å². The number of ether oxygens (including phenoxy) is 1. The third-order valence-corrected chi connectivity index (χ3v) is 3.49. The van der Waals surface area contributed by atoms with Gasteiger partial charge in [0, 0.05) is 31.1 Å². The van der Waals surface area contributed by atoms with Crippen LogP contribution in [0, 0.1) is 0 Å². The molecule has 0 saturated carbocycles. The molecule has 3 atom stereocenters. The molecule has 3 heteroatoms. The average Bonchev–Trinajstić information content (AvgIpc) is 2.40. The van der Waals surface area contributed by atoms with E-state index in [1.807, 2.05) is 18.5 Å². The van der Waals surface area contributed by atoms with E-state index in [1.165, 1.54) is 5.56 Å². The van der Waals surface area contributed by atoms with Gasteiger partial charge in [0.15, 0.2) is 0 Å². The van der Waals surface area contributed by atoms with Gasteiger partial charge in [-0.2, -0.15) is 0 Å². The van der Waals surface area contributed by atoms with E-state index in [1.54, 1.807) is 0 Å². The normalized spacial score (nSPS) is 26.7. The summed E-state index contributed by atoms with van der Waals surface area (Å²) in [7, 11) is 0. The second-order valence-electron chi connectivity index (χ2n) is 4.80. The SMILES string of the molecule is CCC1CC(NC(C)c2cccnc2)CCO1. The van der Waals surface area contributed by atoms with Crippen molar-refractivity contribution in [2.24, 2.45) is 0 Å². The maximum atomic E-state index is 5.69. The van der Waals surface area contributed by atoms with E-state index in [4.69, 9.17) is 4.74 Å². The molecular weight excluding hydrogens is 212 g/mol. The van der Waals surface area contributed by atoms with Gasteiger partial charge >= 0.3 is 0 Å². The third kappa shape index (κ3) is 3.51. The molecule has 1 saturated heterocycles. The van der Waals surface area contributed by atoms with Crippen LogP contribution in [0.2, 0.25) is 0 Å². The molecule has 94 valence electrons. The number of hydrogen-bond acceptors (Lipinski definition) is 3. The summed E-state index contributed by atoms with van der Waals surface area (Å²) in [5.41, 5.74) is 1.26. The zero-order chi connectivity index (χ0) is 12.1. The van der Waals surface area contributed by atoms with Gasteiger partial charge in [-0.25, -0.2) is 0 Å². The number of nitrogens with zero attached hydrogens (tertiary/aromatic N) is 1. The summed E-state index contributed by atoms with van der Waals surface area (Å²) in [5, 5.41) is 3.68. The standard InChI is InChI=1S/C14H22N2O/c1-3-14-9-13(6-8-17-14)16-11(2)12-5-4-7-15-10-12/h4-5,7,10-11,13-14,16H,3,6,8-9H2,1-2H3. The van der Waals surface area contributed by atoms with Crippen LogP contribution in [0.4, 0.5) is 0 Å². The maximum Gasteiger partial charge on any atom is 0.0587 e. The smallest absolute Gasteiger partial charge is 0.0587 e. The van der Waals surface area contributed by atoms with E-state index in [0.29, 0.717) is 18.2 Å². The van der Waals surface area contributed by atoms with Gasteiger partial charge < -0.3 is 10.1 Å². The highest BCUT2D eigenvalue weighted by molar-refractivity contribution is 5.13. The lowest BCUT2D eigenvalue weighted by Crippen LogP contribution is -2.39. The first-order valence-corrected chi connectivity index (χ1v) is 6.57. The fraction of sp³-hybridized carbons (Fsp3) is 0.643. The van der Waals surface area contributed by atoms with E-state index in [-0.39, 0.29) is 0 Å². The first-order chi connectivity index (χ1) is 8.29. The minimum atomic E-state index is 0.365. The van der Waals surface area contributed by atoms with Crippen molar-refractivity contribution < 1.29 is 4.74 Å². The quantitative estimate of drug-likeness (QED) is 0.869. The van der Waals surface area contributed by atoms with Crippen molar-refractivity contribution in [2.75, 3.05) is 6.61 Å². The van der Waals surface area contributed by atoms with Crippen molar-refractivity contribution >= 4 is 0 Å². The molecule has 0 radical (unpaired) electrons. The van der Waals surface area contributed by atoms with Gasteiger partial charge in [0.25, 0.3) is 0 Å². The third-order valence-electron chi connectivity index (χ3n) is 3.49. The predicted molar refractivity (Wildman–Crippen MR) is 68.8 cm³/mol. The van der Waals surface area contributed by atoms with Crippen LogP contribution in [0.15, 0.2) is 24.5 Å². The van der Waals surface area contributed by atoms with E-state index >= 15 is 0 Å². The van der Waals surface area contributed by atoms with Crippen LogP contribution in [0.3, 0.4) is 0 Å². The van der Waals surface area contributed by atoms with Crippen LogP contribution < -0.4 is 5.32 Å². The Balaban J connectivity index is 1.88. The predicted octanol–water partition coefficient (Wildman–Crippen LogP) is 2.69. The Morgan fingerprint density at radius 3 is 3.18 bits per heavy atom. The van der Waals surface area contributed by atoms with Gasteiger partial charge in [-0.3, -0.25) is 4.98 Å². The first kappa shape index (κ1) is 12.5. The minimum Gasteiger partial charge on any atom is -0.378 e. The molecule has 1 aromatic rings. The van der Waals surface area contributed by atoms with Crippen LogP contribution in [-0.2, 0) is 4.74 Å². The van der Waals surface area contributed by atoms with Crippen LogP contribution in [0.1, 0.15) is 44.7 Å². The fourth-order valence-electron chi connectivity index (χ4n) is 2.40. The lowest BCUT2D eigenvalue weighted by molar-refractivity contribution is -0.00166. The van der Waals surface area contributed by atoms with Gasteiger partial charge in [0.2, 0.25) is 0 Å².